The van der Waals surface area contributed by atoms with E-state index in [-0.39, 0.29) is 31.2 Å². The maximum atomic E-state index is 7.28. The molecule has 0 saturated heterocycles. The number of aryl methyl sites for hydroxylation is 2. The van der Waals surface area contributed by atoms with Crippen molar-refractivity contribution in [2.24, 2.45) is 0 Å². The summed E-state index contributed by atoms with van der Waals surface area (Å²) < 4.78 is 57.3. The Hall–Kier alpha value is -6.59. The summed E-state index contributed by atoms with van der Waals surface area (Å²) in [5, 5.41) is 0.943. The summed E-state index contributed by atoms with van der Waals surface area (Å²) >= 11 is 0. The van der Waals surface area contributed by atoms with Gasteiger partial charge in [0.1, 0.15) is 0 Å². The van der Waals surface area contributed by atoms with Crippen LogP contribution in [-0.4, -0.2) is 14.5 Å². The van der Waals surface area contributed by atoms with Crippen molar-refractivity contribution in [2.75, 3.05) is 0 Å². The minimum Gasteiger partial charge on any atom is -0.557 e. The molecule has 0 N–H and O–H groups in total. The van der Waals surface area contributed by atoms with E-state index in [1.54, 1.807) is 24.7 Å². The summed E-state index contributed by atoms with van der Waals surface area (Å²) in [5.41, 5.74) is 12.6. The molecule has 0 atom stereocenters. The van der Waals surface area contributed by atoms with E-state index in [2.05, 4.69) is 113 Å². The van der Waals surface area contributed by atoms with E-state index in [0.717, 1.165) is 72.5 Å². The normalized spacial score (nSPS) is 12.9. The average molecular weight is 908 g/mol. The third-order valence-corrected chi connectivity index (χ3v) is 9.43. The zero-order valence-corrected chi connectivity index (χ0v) is 32.1. The molecule has 0 aliphatic rings. The molecule has 0 spiro atoms. The van der Waals surface area contributed by atoms with E-state index in [4.69, 9.17) is 22.0 Å². The first-order chi connectivity index (χ1) is 29.5. The first-order valence-electron chi connectivity index (χ1n) is 20.7. The Bertz CT molecular complexity index is 2970. The van der Waals surface area contributed by atoms with E-state index in [1.165, 1.54) is 24.4 Å². The number of fused-ring (bicyclic) bond motifs is 2. The van der Waals surface area contributed by atoms with Gasteiger partial charge in [-0.05, 0) is 53.0 Å². The molecular weight excluding hydrogens is 867 g/mol. The number of hydrogen-bond acceptors (Lipinski definition) is 4. The van der Waals surface area contributed by atoms with Crippen LogP contribution in [0.2, 0.25) is 0 Å². The predicted octanol–water partition coefficient (Wildman–Crippen LogP) is 13.0. The van der Waals surface area contributed by atoms with Gasteiger partial charge in [0.15, 0.2) is 0 Å². The van der Waals surface area contributed by atoms with Gasteiger partial charge in [0.05, 0.1) is 35.1 Å². The number of nitrogens with zero attached hydrogens (tertiary/aromatic N) is 3. The van der Waals surface area contributed by atoms with Crippen molar-refractivity contribution >= 4 is 22.0 Å². The standard InChI is InChI=1S/C37H23N2O2.C13H12N.Ir/c1-3-10-25(11-4-1)29-14-9-15-30(26-12-5-2-6-13-26)36(29)39-34-17-8-7-16-33(34)38-37(39)32-24-41-35-19-18-27(22-31(32)35)28-20-21-40-23-28;1-10-3-6-12(7-4-10)13-8-5-11(2)9-14-13;/h1-23H;3-6,8-9H,1-2H3;/q2*-1;/i;1D3,2D3;. The second-order valence-electron chi connectivity index (χ2n) is 12.9. The predicted molar refractivity (Wildman–Crippen MR) is 222 cm³/mol. The van der Waals surface area contributed by atoms with Crippen molar-refractivity contribution in [2.45, 2.75) is 13.7 Å². The minimum atomic E-state index is -2.18. The van der Waals surface area contributed by atoms with Gasteiger partial charge in [-0.1, -0.05) is 139 Å². The molecule has 5 nitrogen and oxygen atoms in total. The fourth-order valence-electron chi connectivity index (χ4n) is 6.79. The van der Waals surface area contributed by atoms with E-state index < -0.39 is 13.7 Å². The Morgan fingerprint density at radius 1 is 0.661 bits per heavy atom. The van der Waals surface area contributed by atoms with Gasteiger partial charge in [-0.15, -0.1) is 35.4 Å². The van der Waals surface area contributed by atoms with Gasteiger partial charge in [-0.2, -0.15) is 0 Å². The molecule has 0 unspecified atom stereocenters. The fraction of sp³-hybridized carbons (Fsp3) is 0.0400. The summed E-state index contributed by atoms with van der Waals surface area (Å²) in [6.07, 6.45) is 7.95. The van der Waals surface area contributed by atoms with Gasteiger partial charge >= 0.3 is 0 Å². The van der Waals surface area contributed by atoms with E-state index in [0.29, 0.717) is 11.3 Å². The Morgan fingerprint density at radius 2 is 1.39 bits per heavy atom. The SMILES string of the molecule is [2H]C([2H])([2H])c1c[c-]c(-c2ccc(C([2H])([2H])[2H])cn2)cc1.[Ir].[c-]1oc2ccc(-c3ccoc3)cc2c1-c1nc2ccccc2n1-c1c(-c2ccccc2)cccc1-c1ccccc1. The summed E-state index contributed by atoms with van der Waals surface area (Å²) in [6, 6.07) is 54.4. The summed E-state index contributed by atoms with van der Waals surface area (Å²) in [6.45, 7) is -4.34. The number of imidazole rings is 1. The summed E-state index contributed by atoms with van der Waals surface area (Å²) in [5.74, 6) is 0.773. The Labute approximate surface area is 347 Å². The van der Waals surface area contributed by atoms with Crippen LogP contribution in [0.15, 0.2) is 185 Å². The Morgan fingerprint density at radius 3 is 2.05 bits per heavy atom. The molecule has 4 aromatic heterocycles. The molecule has 10 aromatic rings. The molecule has 273 valence electrons. The number of furan rings is 2. The number of hydrogen-bond donors (Lipinski definition) is 0. The maximum absolute atomic E-state index is 7.28. The average Bonchev–Trinajstić information content (AvgIpc) is 4.06. The van der Waals surface area contributed by atoms with Crippen LogP contribution < -0.4 is 0 Å². The minimum absolute atomic E-state index is 0. The van der Waals surface area contributed by atoms with Gasteiger partial charge in [-0.3, -0.25) is 4.98 Å². The number of para-hydroxylation sites is 3. The second kappa shape index (κ2) is 16.0. The van der Waals surface area contributed by atoms with Crippen molar-refractivity contribution in [3.05, 3.63) is 200 Å². The molecule has 1 radical (unpaired) electrons. The van der Waals surface area contributed by atoms with Gasteiger partial charge in [-0.25, -0.2) is 0 Å². The van der Waals surface area contributed by atoms with Crippen molar-refractivity contribution in [3.8, 4) is 61.7 Å². The molecule has 6 aromatic carbocycles. The monoisotopic (exact) mass is 908 g/mol. The molecule has 4 heterocycles. The van der Waals surface area contributed by atoms with Gasteiger partial charge in [0.25, 0.3) is 0 Å². The van der Waals surface area contributed by atoms with Crippen molar-refractivity contribution < 1.29 is 37.2 Å². The molecule has 0 bridgehead atoms. The number of rotatable bonds is 6. The maximum Gasteiger partial charge on any atom is 0.0980 e. The molecule has 0 amide bonds. The van der Waals surface area contributed by atoms with Crippen LogP contribution in [0, 0.1) is 26.0 Å². The molecular formula is C50H35IrN3O2-2. The van der Waals surface area contributed by atoms with Crippen LogP contribution in [0.4, 0.5) is 0 Å². The van der Waals surface area contributed by atoms with E-state index >= 15 is 0 Å². The Balaban J connectivity index is 0.000000214. The molecule has 6 heteroatoms. The van der Waals surface area contributed by atoms with Crippen LogP contribution in [0.25, 0.3) is 83.7 Å². The van der Waals surface area contributed by atoms with Crippen LogP contribution in [0.3, 0.4) is 0 Å². The van der Waals surface area contributed by atoms with Crippen LogP contribution >= 0.6 is 0 Å². The number of benzene rings is 6. The van der Waals surface area contributed by atoms with Crippen LogP contribution in [0.1, 0.15) is 19.4 Å². The Kier molecular flexibility index (Phi) is 8.51. The van der Waals surface area contributed by atoms with E-state index in [9.17, 15) is 0 Å². The topological polar surface area (TPSA) is 57.0 Å². The zero-order chi connectivity index (χ0) is 42.1. The van der Waals surface area contributed by atoms with Crippen molar-refractivity contribution in [3.63, 3.8) is 0 Å². The molecule has 0 aliphatic heterocycles. The smallest absolute Gasteiger partial charge is 0.0980 e. The molecule has 0 fully saturated rings. The third kappa shape index (κ3) is 7.16. The van der Waals surface area contributed by atoms with Crippen molar-refractivity contribution in [1.29, 1.82) is 0 Å². The van der Waals surface area contributed by atoms with Gasteiger partial charge in [0.2, 0.25) is 0 Å². The summed E-state index contributed by atoms with van der Waals surface area (Å²) in [7, 11) is 0. The largest absolute Gasteiger partial charge is 0.557 e. The van der Waals surface area contributed by atoms with Crippen LogP contribution in [0.5, 0.6) is 0 Å². The van der Waals surface area contributed by atoms with Gasteiger partial charge in [0, 0.05) is 63.1 Å². The molecule has 0 saturated carbocycles. The van der Waals surface area contributed by atoms with Gasteiger partial charge < -0.3 is 18.4 Å². The quantitative estimate of drug-likeness (QED) is 0.156. The first-order valence-corrected chi connectivity index (χ1v) is 17.7. The second-order valence-corrected chi connectivity index (χ2v) is 12.9. The molecule has 56 heavy (non-hydrogen) atoms. The fourth-order valence-corrected chi connectivity index (χ4v) is 6.79. The van der Waals surface area contributed by atoms with Crippen LogP contribution in [-0.2, 0) is 20.1 Å². The summed E-state index contributed by atoms with van der Waals surface area (Å²) in [4.78, 5) is 9.27. The zero-order valence-electron chi connectivity index (χ0n) is 35.7. The van der Waals surface area contributed by atoms with E-state index in [1.807, 2.05) is 36.4 Å². The van der Waals surface area contributed by atoms with Crippen molar-refractivity contribution in [1.82, 2.24) is 14.5 Å². The molecule has 10 rings (SSSR count). The number of aromatic nitrogens is 3. The number of pyridine rings is 1. The third-order valence-electron chi connectivity index (χ3n) is 9.43. The first kappa shape index (κ1) is 29.7. The molecule has 0 aliphatic carbocycles.